The van der Waals surface area contributed by atoms with Gasteiger partial charge in [-0.2, -0.15) is 0 Å². The number of halogens is 1. The maximum absolute atomic E-state index is 10.2. The van der Waals surface area contributed by atoms with Crippen LogP contribution in [0.1, 0.15) is 37.4 Å². The van der Waals surface area contributed by atoms with Gasteiger partial charge in [0.1, 0.15) is 0 Å². The molecule has 2 rings (SSSR count). The Morgan fingerprint density at radius 1 is 1.22 bits per heavy atom. The summed E-state index contributed by atoms with van der Waals surface area (Å²) in [7, 11) is 0. The predicted molar refractivity (Wildman–Crippen MR) is 75.7 cm³/mol. The van der Waals surface area contributed by atoms with Crippen LogP contribution in [0.15, 0.2) is 18.2 Å². The predicted octanol–water partition coefficient (Wildman–Crippen LogP) is 2.83. The van der Waals surface area contributed by atoms with Crippen LogP contribution in [0, 0.1) is 0 Å². The van der Waals surface area contributed by atoms with Crippen molar-refractivity contribution in [2.24, 2.45) is 0 Å². The first-order chi connectivity index (χ1) is 8.66. The number of nitrogens with two attached hydrogens (primary N) is 1. The van der Waals surface area contributed by atoms with Crippen molar-refractivity contribution in [2.45, 2.75) is 31.8 Å². The number of β-amino-alcohol motifs (C(OH)–C–C–N with tert-alkyl or cyclic N) is 1. The molecule has 1 fully saturated rings. The van der Waals surface area contributed by atoms with Crippen LogP contribution in [0.2, 0.25) is 5.02 Å². The molecule has 1 aromatic rings. The van der Waals surface area contributed by atoms with Crippen LogP contribution < -0.4 is 5.73 Å². The number of hydrogen-bond donors (Lipinski definition) is 2. The van der Waals surface area contributed by atoms with Gasteiger partial charge in [-0.15, -0.1) is 0 Å². The SMILES string of the molecule is Nc1cc(C(O)CN2CCCCCC2)ccc1Cl. The van der Waals surface area contributed by atoms with Crippen molar-refractivity contribution in [3.63, 3.8) is 0 Å². The molecule has 0 amide bonds. The van der Waals surface area contributed by atoms with Gasteiger partial charge in [0.05, 0.1) is 16.8 Å². The van der Waals surface area contributed by atoms with Crippen LogP contribution >= 0.6 is 11.6 Å². The molecular formula is C14H21ClN2O. The zero-order valence-corrected chi connectivity index (χ0v) is 11.4. The number of nitrogen functional groups attached to an aromatic ring is 1. The van der Waals surface area contributed by atoms with E-state index < -0.39 is 6.10 Å². The summed E-state index contributed by atoms with van der Waals surface area (Å²) in [6.07, 6.45) is 4.59. The van der Waals surface area contributed by atoms with Crippen LogP contribution in [-0.4, -0.2) is 29.6 Å². The summed E-state index contributed by atoms with van der Waals surface area (Å²) >= 11 is 5.88. The molecule has 1 atom stereocenters. The fourth-order valence-electron chi connectivity index (χ4n) is 2.44. The lowest BCUT2D eigenvalue weighted by molar-refractivity contribution is 0.115. The van der Waals surface area contributed by atoms with Gasteiger partial charge in [-0.1, -0.05) is 30.5 Å². The van der Waals surface area contributed by atoms with Crippen molar-refractivity contribution < 1.29 is 5.11 Å². The van der Waals surface area contributed by atoms with E-state index in [0.29, 0.717) is 17.3 Å². The van der Waals surface area contributed by atoms with E-state index in [9.17, 15) is 5.11 Å². The monoisotopic (exact) mass is 268 g/mol. The van der Waals surface area contributed by atoms with Gasteiger partial charge in [0.25, 0.3) is 0 Å². The lowest BCUT2D eigenvalue weighted by Crippen LogP contribution is -2.29. The third-order valence-electron chi connectivity index (χ3n) is 3.53. The van der Waals surface area contributed by atoms with E-state index in [4.69, 9.17) is 17.3 Å². The number of anilines is 1. The molecule has 0 saturated carbocycles. The zero-order chi connectivity index (χ0) is 13.0. The van der Waals surface area contributed by atoms with Crippen molar-refractivity contribution in [2.75, 3.05) is 25.4 Å². The van der Waals surface area contributed by atoms with E-state index in [-0.39, 0.29) is 0 Å². The average molecular weight is 269 g/mol. The highest BCUT2D eigenvalue weighted by molar-refractivity contribution is 6.33. The molecule has 4 heteroatoms. The Labute approximate surface area is 114 Å². The Morgan fingerprint density at radius 3 is 2.50 bits per heavy atom. The highest BCUT2D eigenvalue weighted by atomic mass is 35.5. The molecule has 0 spiro atoms. The molecule has 1 aliphatic rings. The van der Waals surface area contributed by atoms with E-state index in [1.54, 1.807) is 12.1 Å². The van der Waals surface area contributed by atoms with E-state index in [1.165, 1.54) is 25.7 Å². The van der Waals surface area contributed by atoms with Crippen LogP contribution in [0.3, 0.4) is 0 Å². The van der Waals surface area contributed by atoms with Gasteiger partial charge in [-0.05, 0) is 43.6 Å². The van der Waals surface area contributed by atoms with Crippen molar-refractivity contribution in [3.05, 3.63) is 28.8 Å². The first-order valence-electron chi connectivity index (χ1n) is 6.62. The van der Waals surface area contributed by atoms with Crippen LogP contribution in [-0.2, 0) is 0 Å². The minimum atomic E-state index is -0.484. The van der Waals surface area contributed by atoms with Crippen molar-refractivity contribution in [3.8, 4) is 0 Å². The molecule has 1 unspecified atom stereocenters. The number of nitrogens with zero attached hydrogens (tertiary/aromatic N) is 1. The van der Waals surface area contributed by atoms with Gasteiger partial charge in [-0.25, -0.2) is 0 Å². The van der Waals surface area contributed by atoms with Crippen molar-refractivity contribution in [1.82, 2.24) is 4.90 Å². The second kappa shape index (κ2) is 6.41. The first-order valence-corrected chi connectivity index (χ1v) is 7.00. The fourth-order valence-corrected chi connectivity index (χ4v) is 2.56. The number of aliphatic hydroxyl groups excluding tert-OH is 1. The molecule has 0 bridgehead atoms. The third kappa shape index (κ3) is 3.61. The van der Waals surface area contributed by atoms with Crippen LogP contribution in [0.4, 0.5) is 5.69 Å². The Morgan fingerprint density at radius 2 is 1.89 bits per heavy atom. The number of likely N-dealkylation sites (tertiary alicyclic amines) is 1. The summed E-state index contributed by atoms with van der Waals surface area (Å²) < 4.78 is 0. The van der Waals surface area contributed by atoms with Crippen molar-refractivity contribution in [1.29, 1.82) is 0 Å². The minimum absolute atomic E-state index is 0.484. The summed E-state index contributed by atoms with van der Waals surface area (Å²) in [5, 5.41) is 10.8. The highest BCUT2D eigenvalue weighted by Crippen LogP contribution is 2.24. The van der Waals surface area contributed by atoms with Crippen LogP contribution in [0.25, 0.3) is 0 Å². The Balaban J connectivity index is 1.97. The quantitative estimate of drug-likeness (QED) is 0.829. The number of rotatable bonds is 3. The van der Waals surface area contributed by atoms with Crippen LogP contribution in [0.5, 0.6) is 0 Å². The smallest absolute Gasteiger partial charge is 0.0917 e. The molecule has 0 radical (unpaired) electrons. The van der Waals surface area contributed by atoms with Gasteiger partial charge in [-0.3, -0.25) is 0 Å². The van der Waals surface area contributed by atoms with Gasteiger partial charge in [0.2, 0.25) is 0 Å². The van der Waals surface area contributed by atoms with Gasteiger partial charge < -0.3 is 15.7 Å². The van der Waals surface area contributed by atoms with Gasteiger partial charge in [0.15, 0.2) is 0 Å². The molecule has 1 aromatic carbocycles. The van der Waals surface area contributed by atoms with Gasteiger partial charge >= 0.3 is 0 Å². The molecule has 3 nitrogen and oxygen atoms in total. The Hall–Kier alpha value is -0.770. The second-order valence-electron chi connectivity index (χ2n) is 5.01. The topological polar surface area (TPSA) is 49.5 Å². The maximum atomic E-state index is 10.2. The largest absolute Gasteiger partial charge is 0.398 e. The number of benzene rings is 1. The molecular weight excluding hydrogens is 248 g/mol. The zero-order valence-electron chi connectivity index (χ0n) is 10.6. The minimum Gasteiger partial charge on any atom is -0.398 e. The average Bonchev–Trinajstić information content (AvgIpc) is 2.61. The van der Waals surface area contributed by atoms with E-state index >= 15 is 0 Å². The molecule has 1 aliphatic heterocycles. The number of hydrogen-bond acceptors (Lipinski definition) is 3. The van der Waals surface area contributed by atoms with E-state index in [0.717, 1.165) is 18.7 Å². The molecule has 18 heavy (non-hydrogen) atoms. The van der Waals surface area contributed by atoms with E-state index in [2.05, 4.69) is 4.90 Å². The summed E-state index contributed by atoms with van der Waals surface area (Å²) in [5.74, 6) is 0. The highest BCUT2D eigenvalue weighted by Gasteiger charge is 2.15. The van der Waals surface area contributed by atoms with Gasteiger partial charge in [0, 0.05) is 6.54 Å². The molecule has 3 N–H and O–H groups in total. The lowest BCUT2D eigenvalue weighted by atomic mass is 10.1. The normalized spacial score (nSPS) is 19.4. The standard InChI is InChI=1S/C14H21ClN2O/c15-12-6-5-11(9-13(12)16)14(18)10-17-7-3-1-2-4-8-17/h5-6,9,14,18H,1-4,7-8,10,16H2. The summed E-state index contributed by atoms with van der Waals surface area (Å²) in [4.78, 5) is 2.34. The maximum Gasteiger partial charge on any atom is 0.0917 e. The summed E-state index contributed by atoms with van der Waals surface area (Å²) in [6.45, 7) is 2.85. The fraction of sp³-hybridized carbons (Fsp3) is 0.571. The summed E-state index contributed by atoms with van der Waals surface area (Å²) in [5.41, 5.74) is 7.14. The van der Waals surface area contributed by atoms with E-state index in [1.807, 2.05) is 6.07 Å². The number of aliphatic hydroxyl groups is 1. The molecule has 1 heterocycles. The first kappa shape index (κ1) is 13.7. The van der Waals surface area contributed by atoms with Crippen molar-refractivity contribution >= 4 is 17.3 Å². The lowest BCUT2D eigenvalue weighted by Gasteiger charge is -2.23. The molecule has 0 aliphatic carbocycles. The molecule has 1 saturated heterocycles. The Kier molecular flexibility index (Phi) is 4.87. The molecule has 100 valence electrons. The Bertz CT molecular complexity index is 389. The molecule has 0 aromatic heterocycles. The second-order valence-corrected chi connectivity index (χ2v) is 5.42. The third-order valence-corrected chi connectivity index (χ3v) is 3.88. The summed E-state index contributed by atoms with van der Waals surface area (Å²) in [6, 6.07) is 5.36.